The lowest BCUT2D eigenvalue weighted by molar-refractivity contribution is -0.119. The summed E-state index contributed by atoms with van der Waals surface area (Å²) in [5.74, 6) is 0.856. The summed E-state index contributed by atoms with van der Waals surface area (Å²) < 4.78 is 10.3. The summed E-state index contributed by atoms with van der Waals surface area (Å²) in [4.78, 5) is 27.1. The van der Waals surface area contributed by atoms with Gasteiger partial charge in [-0.25, -0.2) is 4.79 Å². The average Bonchev–Trinajstić information content (AvgIpc) is 3.47. The van der Waals surface area contributed by atoms with Gasteiger partial charge in [-0.05, 0) is 55.3 Å². The number of benzene rings is 2. The quantitative estimate of drug-likeness (QED) is 0.671. The van der Waals surface area contributed by atoms with Crippen molar-refractivity contribution in [3.05, 3.63) is 54.9 Å². The fourth-order valence-electron chi connectivity index (χ4n) is 3.41. The molecule has 2 N–H and O–H groups in total. The van der Waals surface area contributed by atoms with E-state index in [1.807, 2.05) is 6.07 Å². The predicted octanol–water partition coefficient (Wildman–Crippen LogP) is 3.38. The average molecular weight is 407 g/mol. The first-order chi connectivity index (χ1) is 14.6. The molecule has 0 radical (unpaired) electrons. The lowest BCUT2D eigenvalue weighted by Crippen LogP contribution is -2.45. The zero-order valence-corrected chi connectivity index (χ0v) is 16.4. The molecule has 9 nitrogen and oxygen atoms in total. The third kappa shape index (κ3) is 4.24. The van der Waals surface area contributed by atoms with Crippen molar-refractivity contribution in [1.82, 2.24) is 15.1 Å². The lowest BCUT2D eigenvalue weighted by atomic mass is 10.2. The molecule has 1 aliphatic rings. The van der Waals surface area contributed by atoms with E-state index in [4.69, 9.17) is 9.15 Å². The number of amides is 3. The summed E-state index contributed by atoms with van der Waals surface area (Å²) in [5.41, 5.74) is 1.93. The molecule has 1 aliphatic heterocycles. The third-order valence-electron chi connectivity index (χ3n) is 4.89. The molecule has 0 unspecified atom stereocenters. The molecule has 2 heterocycles. The van der Waals surface area contributed by atoms with E-state index in [0.29, 0.717) is 41.5 Å². The second-order valence-electron chi connectivity index (χ2n) is 6.82. The van der Waals surface area contributed by atoms with Crippen LogP contribution in [0.15, 0.2) is 59.3 Å². The number of carbonyl (C=O) groups is 2. The van der Waals surface area contributed by atoms with Crippen LogP contribution in [-0.2, 0) is 4.79 Å². The highest BCUT2D eigenvalue weighted by Crippen LogP contribution is 2.24. The molecule has 154 valence electrons. The number of rotatable bonds is 5. The maximum atomic E-state index is 12.8. The number of aromatic nitrogens is 2. The highest BCUT2D eigenvalue weighted by atomic mass is 16.5. The molecule has 0 saturated carbocycles. The molecule has 0 spiro atoms. The zero-order valence-electron chi connectivity index (χ0n) is 16.4. The molecule has 3 aromatic rings. The number of hydrogen-bond donors (Lipinski definition) is 2. The van der Waals surface area contributed by atoms with E-state index < -0.39 is 6.04 Å². The van der Waals surface area contributed by atoms with E-state index in [0.717, 1.165) is 6.42 Å². The van der Waals surface area contributed by atoms with Crippen molar-refractivity contribution in [1.29, 1.82) is 0 Å². The van der Waals surface area contributed by atoms with Crippen molar-refractivity contribution in [2.45, 2.75) is 18.9 Å². The number of urea groups is 1. The Kier molecular flexibility index (Phi) is 5.60. The third-order valence-corrected chi connectivity index (χ3v) is 4.89. The Morgan fingerprint density at radius 1 is 1.13 bits per heavy atom. The van der Waals surface area contributed by atoms with Gasteiger partial charge in [0.15, 0.2) is 0 Å². The van der Waals surface area contributed by atoms with Gasteiger partial charge in [0.25, 0.3) is 0 Å². The lowest BCUT2D eigenvalue weighted by Gasteiger charge is -2.24. The van der Waals surface area contributed by atoms with E-state index in [1.165, 1.54) is 6.39 Å². The first-order valence-corrected chi connectivity index (χ1v) is 9.53. The molecular formula is C21H21N5O4. The van der Waals surface area contributed by atoms with E-state index >= 15 is 0 Å². The standard InChI is InChI=1S/C21H21N5O4/c1-29-17-9-7-15(8-10-17)23-19(27)18-6-3-11-26(18)21(28)24-16-5-2-4-14(12-16)20-25-22-13-30-20/h2,4-5,7-10,12-13,18H,3,6,11H2,1H3,(H,23,27)(H,24,28)/t18-/m1/s1. The Morgan fingerprint density at radius 2 is 1.97 bits per heavy atom. The number of carbonyl (C=O) groups excluding carboxylic acids is 2. The topological polar surface area (TPSA) is 110 Å². The Balaban J connectivity index is 1.42. The van der Waals surface area contributed by atoms with Crippen LogP contribution in [0, 0.1) is 0 Å². The van der Waals surface area contributed by atoms with Gasteiger partial charge < -0.3 is 24.7 Å². The Bertz CT molecular complexity index is 1020. The van der Waals surface area contributed by atoms with E-state index in [9.17, 15) is 9.59 Å². The fourth-order valence-corrected chi connectivity index (χ4v) is 3.41. The maximum absolute atomic E-state index is 12.8. The van der Waals surface area contributed by atoms with E-state index in [2.05, 4.69) is 20.8 Å². The van der Waals surface area contributed by atoms with Crippen LogP contribution >= 0.6 is 0 Å². The summed E-state index contributed by atoms with van der Waals surface area (Å²) in [6.07, 6.45) is 2.62. The maximum Gasteiger partial charge on any atom is 0.322 e. The largest absolute Gasteiger partial charge is 0.497 e. The molecule has 2 aromatic carbocycles. The first-order valence-electron chi connectivity index (χ1n) is 9.53. The monoisotopic (exact) mass is 407 g/mol. The van der Waals surface area contributed by atoms with E-state index in [1.54, 1.807) is 54.5 Å². The molecule has 1 saturated heterocycles. The summed E-state index contributed by atoms with van der Waals surface area (Å²) in [5, 5.41) is 13.2. The van der Waals surface area contributed by atoms with Crippen molar-refractivity contribution in [3.8, 4) is 17.2 Å². The van der Waals surface area contributed by atoms with Gasteiger partial charge in [-0.15, -0.1) is 10.2 Å². The smallest absolute Gasteiger partial charge is 0.322 e. The Hall–Kier alpha value is -3.88. The van der Waals surface area contributed by atoms with Crippen LogP contribution in [-0.4, -0.2) is 46.7 Å². The number of anilines is 2. The molecule has 0 bridgehead atoms. The predicted molar refractivity (Wildman–Crippen MR) is 110 cm³/mol. The molecule has 1 atom stereocenters. The molecule has 1 aromatic heterocycles. The second kappa shape index (κ2) is 8.64. The number of likely N-dealkylation sites (tertiary alicyclic amines) is 1. The Labute approximate surface area is 173 Å². The normalized spacial score (nSPS) is 15.6. The highest BCUT2D eigenvalue weighted by molar-refractivity contribution is 5.99. The van der Waals surface area contributed by atoms with Crippen LogP contribution in [0.3, 0.4) is 0 Å². The molecular weight excluding hydrogens is 386 g/mol. The summed E-state index contributed by atoms with van der Waals surface area (Å²) in [6, 6.07) is 13.3. The summed E-state index contributed by atoms with van der Waals surface area (Å²) in [7, 11) is 1.58. The summed E-state index contributed by atoms with van der Waals surface area (Å²) in [6.45, 7) is 0.510. The highest BCUT2D eigenvalue weighted by Gasteiger charge is 2.34. The van der Waals surface area contributed by atoms with Crippen molar-refractivity contribution < 1.29 is 18.7 Å². The van der Waals surface area contributed by atoms with Crippen LogP contribution in [0.1, 0.15) is 12.8 Å². The van der Waals surface area contributed by atoms with Gasteiger partial charge >= 0.3 is 6.03 Å². The minimum Gasteiger partial charge on any atom is -0.497 e. The second-order valence-corrected chi connectivity index (χ2v) is 6.82. The van der Waals surface area contributed by atoms with Gasteiger partial charge in [-0.3, -0.25) is 4.79 Å². The minimum absolute atomic E-state index is 0.215. The van der Waals surface area contributed by atoms with Crippen molar-refractivity contribution in [2.24, 2.45) is 0 Å². The molecule has 4 rings (SSSR count). The van der Waals surface area contributed by atoms with Crippen molar-refractivity contribution in [3.63, 3.8) is 0 Å². The van der Waals surface area contributed by atoms with Gasteiger partial charge in [0.2, 0.25) is 18.2 Å². The number of methoxy groups -OCH3 is 1. The van der Waals surface area contributed by atoms with Crippen LogP contribution < -0.4 is 15.4 Å². The van der Waals surface area contributed by atoms with Gasteiger partial charge in [0.1, 0.15) is 11.8 Å². The molecule has 3 amide bonds. The van der Waals surface area contributed by atoms with Crippen molar-refractivity contribution in [2.75, 3.05) is 24.3 Å². The number of ether oxygens (including phenoxy) is 1. The van der Waals surface area contributed by atoms with E-state index in [-0.39, 0.29) is 11.9 Å². The van der Waals surface area contributed by atoms with Crippen LogP contribution in [0.25, 0.3) is 11.5 Å². The van der Waals surface area contributed by atoms with Gasteiger partial charge in [-0.2, -0.15) is 0 Å². The SMILES string of the molecule is COc1ccc(NC(=O)[C@H]2CCCN2C(=O)Nc2cccc(-c3nnco3)c2)cc1. The van der Waals surface area contributed by atoms with Crippen LogP contribution in [0.5, 0.6) is 5.75 Å². The molecule has 30 heavy (non-hydrogen) atoms. The van der Waals surface area contributed by atoms with Gasteiger partial charge in [-0.1, -0.05) is 6.07 Å². The number of nitrogens with one attached hydrogen (secondary N) is 2. The van der Waals surface area contributed by atoms with Crippen LogP contribution in [0.2, 0.25) is 0 Å². The summed E-state index contributed by atoms with van der Waals surface area (Å²) >= 11 is 0. The number of nitrogens with zero attached hydrogens (tertiary/aromatic N) is 3. The first kappa shape index (κ1) is 19.4. The number of hydrogen-bond acceptors (Lipinski definition) is 6. The zero-order chi connectivity index (χ0) is 20.9. The van der Waals surface area contributed by atoms with Gasteiger partial charge in [0.05, 0.1) is 7.11 Å². The Morgan fingerprint density at radius 3 is 2.70 bits per heavy atom. The molecule has 9 heteroatoms. The van der Waals surface area contributed by atoms with Crippen molar-refractivity contribution >= 4 is 23.3 Å². The van der Waals surface area contributed by atoms with Crippen LogP contribution in [0.4, 0.5) is 16.2 Å². The van der Waals surface area contributed by atoms with Gasteiger partial charge in [0, 0.05) is 23.5 Å². The molecule has 1 fully saturated rings. The fraction of sp³-hybridized carbons (Fsp3) is 0.238. The molecule has 0 aliphatic carbocycles. The minimum atomic E-state index is -0.536.